The van der Waals surface area contributed by atoms with E-state index in [2.05, 4.69) is 91.9 Å². The summed E-state index contributed by atoms with van der Waals surface area (Å²) >= 11 is 9.53. The Morgan fingerprint density at radius 2 is 1.91 bits per heavy atom. The summed E-state index contributed by atoms with van der Waals surface area (Å²) in [7, 11) is 0. The number of ether oxygens (including phenoxy) is 1. The summed E-state index contributed by atoms with van der Waals surface area (Å²) in [4.78, 5) is 9.57. The van der Waals surface area contributed by atoms with Gasteiger partial charge in [0.15, 0.2) is 5.11 Å². The van der Waals surface area contributed by atoms with Gasteiger partial charge in [0, 0.05) is 53.9 Å². The van der Waals surface area contributed by atoms with Gasteiger partial charge in [0.25, 0.3) is 0 Å². The number of rotatable bonds is 7. The third kappa shape index (κ3) is 5.16. The van der Waals surface area contributed by atoms with Gasteiger partial charge >= 0.3 is 0 Å². The van der Waals surface area contributed by atoms with Crippen molar-refractivity contribution in [2.75, 3.05) is 39.4 Å². The molecule has 0 saturated carbocycles. The quantitative estimate of drug-likeness (QED) is 0.418. The van der Waals surface area contributed by atoms with E-state index in [0.717, 1.165) is 66.8 Å². The molecule has 35 heavy (non-hydrogen) atoms. The molecular formula is C27H32BrN5OS. The Morgan fingerprint density at radius 3 is 2.66 bits per heavy atom. The zero-order valence-corrected chi connectivity index (χ0v) is 22.7. The number of nitrogens with zero attached hydrogens (tertiary/aromatic N) is 4. The first-order valence-corrected chi connectivity index (χ1v) is 13.5. The zero-order chi connectivity index (χ0) is 24.4. The van der Waals surface area contributed by atoms with Crippen molar-refractivity contribution >= 4 is 33.3 Å². The highest BCUT2D eigenvalue weighted by Crippen LogP contribution is 2.41. The fourth-order valence-electron chi connectivity index (χ4n) is 5.37. The van der Waals surface area contributed by atoms with Gasteiger partial charge < -0.3 is 19.5 Å². The molecule has 2 saturated heterocycles. The Bertz CT molecular complexity index is 1180. The molecule has 0 spiro atoms. The van der Waals surface area contributed by atoms with Gasteiger partial charge in [0.1, 0.15) is 0 Å². The van der Waals surface area contributed by atoms with Crippen molar-refractivity contribution in [3.8, 4) is 5.69 Å². The average Bonchev–Trinajstić information content (AvgIpc) is 3.35. The summed E-state index contributed by atoms with van der Waals surface area (Å²) in [6, 6.07) is 17.0. The molecule has 4 heterocycles. The summed E-state index contributed by atoms with van der Waals surface area (Å²) in [5, 5.41) is 4.41. The topological polar surface area (TPSA) is 45.6 Å². The molecule has 1 aromatic carbocycles. The van der Waals surface area contributed by atoms with Gasteiger partial charge in [-0.1, -0.05) is 28.1 Å². The number of halogens is 1. The Balaban J connectivity index is 1.47. The largest absolute Gasteiger partial charge is 0.379 e. The van der Waals surface area contributed by atoms with Crippen molar-refractivity contribution in [3.05, 3.63) is 81.8 Å². The number of thiocarbonyl (C=S) groups is 1. The Morgan fingerprint density at radius 1 is 1.09 bits per heavy atom. The SMILES string of the molecule is Cc1cc(C2C(c3ccccn3)NC(=S)N2CCCN2CCOCC2)c(C)n1-c1cccc(Br)c1. The monoisotopic (exact) mass is 553 g/mol. The Hall–Kier alpha value is -2.26. The van der Waals surface area contributed by atoms with Gasteiger partial charge in [-0.15, -0.1) is 0 Å². The predicted octanol–water partition coefficient (Wildman–Crippen LogP) is 4.95. The molecule has 6 nitrogen and oxygen atoms in total. The number of pyridine rings is 1. The molecule has 2 aliphatic heterocycles. The average molecular weight is 555 g/mol. The fraction of sp³-hybridized carbons (Fsp3) is 0.407. The second-order valence-corrected chi connectivity index (χ2v) is 10.6. The standard InChI is InChI=1S/C27H32BrN5OS/c1-19-17-23(20(2)33(19)22-8-5-7-21(28)18-22)26-25(24-9-3-4-10-29-24)30-27(35)32(26)12-6-11-31-13-15-34-16-14-31/h3-5,7-10,17-18,25-26H,6,11-16H2,1-2H3,(H,30,35). The van der Waals surface area contributed by atoms with Gasteiger partial charge in [-0.25, -0.2) is 0 Å². The van der Waals surface area contributed by atoms with E-state index in [9.17, 15) is 0 Å². The van der Waals surface area contributed by atoms with Crippen LogP contribution in [-0.2, 0) is 4.74 Å². The van der Waals surface area contributed by atoms with E-state index >= 15 is 0 Å². The second kappa shape index (κ2) is 10.8. The molecule has 8 heteroatoms. The molecule has 1 N–H and O–H groups in total. The summed E-state index contributed by atoms with van der Waals surface area (Å²) < 4.78 is 8.92. The van der Waals surface area contributed by atoms with Crippen LogP contribution in [0.3, 0.4) is 0 Å². The van der Waals surface area contributed by atoms with Crippen LogP contribution in [0, 0.1) is 13.8 Å². The third-order valence-electron chi connectivity index (χ3n) is 7.03. The lowest BCUT2D eigenvalue weighted by Crippen LogP contribution is -2.39. The van der Waals surface area contributed by atoms with Crippen LogP contribution in [-0.4, -0.2) is 63.9 Å². The first kappa shape index (κ1) is 24.4. The molecule has 2 unspecified atom stereocenters. The van der Waals surface area contributed by atoms with Gasteiger partial charge in [0.2, 0.25) is 0 Å². The maximum Gasteiger partial charge on any atom is 0.170 e. The molecule has 5 rings (SSSR count). The van der Waals surface area contributed by atoms with Crippen molar-refractivity contribution in [2.24, 2.45) is 0 Å². The van der Waals surface area contributed by atoms with Gasteiger partial charge in [-0.05, 0) is 74.4 Å². The van der Waals surface area contributed by atoms with E-state index in [4.69, 9.17) is 21.9 Å². The zero-order valence-electron chi connectivity index (χ0n) is 20.3. The molecular weight excluding hydrogens is 522 g/mol. The van der Waals surface area contributed by atoms with Crippen molar-refractivity contribution in [3.63, 3.8) is 0 Å². The van der Waals surface area contributed by atoms with E-state index in [0.29, 0.717) is 0 Å². The molecule has 184 valence electrons. The molecule has 3 aromatic rings. The van der Waals surface area contributed by atoms with Crippen LogP contribution in [0.2, 0.25) is 0 Å². The number of hydrogen-bond donors (Lipinski definition) is 1. The molecule has 0 radical (unpaired) electrons. The minimum absolute atomic E-state index is 0.00328. The Labute approximate surface area is 221 Å². The van der Waals surface area contributed by atoms with Crippen LogP contribution >= 0.6 is 28.1 Å². The lowest BCUT2D eigenvalue weighted by Gasteiger charge is -2.30. The minimum atomic E-state index is 0.00328. The van der Waals surface area contributed by atoms with E-state index < -0.39 is 0 Å². The molecule has 0 amide bonds. The van der Waals surface area contributed by atoms with Crippen molar-refractivity contribution in [1.82, 2.24) is 24.7 Å². The van der Waals surface area contributed by atoms with Crippen LogP contribution in [0.15, 0.2) is 59.2 Å². The summed E-state index contributed by atoms with van der Waals surface area (Å²) in [6.07, 6.45) is 2.92. The fourth-order valence-corrected chi connectivity index (χ4v) is 6.09. The van der Waals surface area contributed by atoms with Gasteiger partial charge in [0.05, 0.1) is 31.0 Å². The molecule has 2 atom stereocenters. The lowest BCUT2D eigenvalue weighted by molar-refractivity contribution is 0.0365. The molecule has 2 fully saturated rings. The van der Waals surface area contributed by atoms with Crippen LogP contribution < -0.4 is 5.32 Å². The molecule has 0 bridgehead atoms. The summed E-state index contributed by atoms with van der Waals surface area (Å²) in [5.74, 6) is 0. The molecule has 2 aliphatic rings. The smallest absolute Gasteiger partial charge is 0.170 e. The number of benzene rings is 1. The first-order valence-electron chi connectivity index (χ1n) is 12.3. The number of aromatic nitrogens is 2. The first-order chi connectivity index (χ1) is 17.0. The van der Waals surface area contributed by atoms with Crippen LogP contribution in [0.5, 0.6) is 0 Å². The highest BCUT2D eigenvalue weighted by molar-refractivity contribution is 9.10. The summed E-state index contributed by atoms with van der Waals surface area (Å²) in [6.45, 7) is 10.0. The summed E-state index contributed by atoms with van der Waals surface area (Å²) in [5.41, 5.74) is 5.90. The maximum absolute atomic E-state index is 5.90. The molecule has 2 aromatic heterocycles. The number of morpholine rings is 1. The highest BCUT2D eigenvalue weighted by Gasteiger charge is 2.41. The van der Waals surface area contributed by atoms with Crippen molar-refractivity contribution in [1.29, 1.82) is 0 Å². The second-order valence-electron chi connectivity index (χ2n) is 9.27. The number of hydrogen-bond acceptors (Lipinski definition) is 4. The van der Waals surface area contributed by atoms with Crippen LogP contribution in [0.1, 0.15) is 41.1 Å². The van der Waals surface area contributed by atoms with E-state index in [-0.39, 0.29) is 12.1 Å². The van der Waals surface area contributed by atoms with Crippen molar-refractivity contribution in [2.45, 2.75) is 32.4 Å². The van der Waals surface area contributed by atoms with E-state index in [1.54, 1.807) is 0 Å². The Kier molecular flexibility index (Phi) is 7.53. The highest BCUT2D eigenvalue weighted by atomic mass is 79.9. The number of nitrogens with one attached hydrogen (secondary N) is 1. The minimum Gasteiger partial charge on any atom is -0.379 e. The van der Waals surface area contributed by atoms with Crippen molar-refractivity contribution < 1.29 is 4.74 Å². The molecule has 0 aliphatic carbocycles. The van der Waals surface area contributed by atoms with Crippen LogP contribution in [0.4, 0.5) is 0 Å². The maximum atomic E-state index is 5.90. The van der Waals surface area contributed by atoms with E-state index in [1.807, 2.05) is 12.3 Å². The van der Waals surface area contributed by atoms with Gasteiger partial charge in [-0.3, -0.25) is 9.88 Å². The third-order valence-corrected chi connectivity index (χ3v) is 7.88. The predicted molar refractivity (Wildman–Crippen MR) is 147 cm³/mol. The van der Waals surface area contributed by atoms with E-state index in [1.165, 1.54) is 17.0 Å². The normalized spacial score (nSPS) is 20.9. The lowest BCUT2D eigenvalue weighted by atomic mass is 9.96. The van der Waals surface area contributed by atoms with Gasteiger partial charge in [-0.2, -0.15) is 0 Å². The van der Waals surface area contributed by atoms with Crippen LogP contribution in [0.25, 0.3) is 5.69 Å². The number of aryl methyl sites for hydroxylation is 1.